The zero-order valence-corrected chi connectivity index (χ0v) is 15.3. The molecule has 0 aromatic rings. The Balaban J connectivity index is 3.66. The fourth-order valence-corrected chi connectivity index (χ4v) is 1.88. The van der Waals surface area contributed by atoms with Crippen LogP contribution in [0.2, 0.25) is 0 Å². The van der Waals surface area contributed by atoms with Crippen molar-refractivity contribution in [3.05, 3.63) is 72.9 Å². The molecule has 0 rings (SSSR count). The third-order valence-electron chi connectivity index (χ3n) is 3.21. The van der Waals surface area contributed by atoms with E-state index in [9.17, 15) is 9.90 Å². The number of carboxylic acid groups (broad SMARTS) is 1. The normalized spacial score (nSPS) is 14.3. The van der Waals surface area contributed by atoms with Crippen LogP contribution < -0.4 is 0 Å². The Kier molecular flexibility index (Phi) is 16.7. The minimum atomic E-state index is -0.753. The molecule has 0 saturated carbocycles. The molecule has 0 aliphatic heterocycles. The van der Waals surface area contributed by atoms with E-state index in [4.69, 9.17) is 5.11 Å². The van der Waals surface area contributed by atoms with E-state index in [0.29, 0.717) is 12.8 Å². The Bertz CT molecular complexity index is 493. The van der Waals surface area contributed by atoms with Crippen LogP contribution >= 0.6 is 0 Å². The second kappa shape index (κ2) is 18.2. The lowest BCUT2D eigenvalue weighted by atomic mass is 10.2. The number of aliphatic hydroxyl groups excluding tert-OH is 1. The molecule has 138 valence electrons. The monoisotopic (exact) mass is 344 g/mol. The maximum absolute atomic E-state index is 10.3. The smallest absolute Gasteiger partial charge is 0.303 e. The summed E-state index contributed by atoms with van der Waals surface area (Å²) in [5, 5.41) is 18.2. The van der Waals surface area contributed by atoms with Crippen molar-refractivity contribution in [1.29, 1.82) is 0 Å². The average molecular weight is 344 g/mol. The van der Waals surface area contributed by atoms with Crippen LogP contribution in [0.4, 0.5) is 0 Å². The topological polar surface area (TPSA) is 57.5 Å². The summed E-state index contributed by atoms with van der Waals surface area (Å²) in [5.41, 5.74) is 0. The molecule has 3 nitrogen and oxygen atoms in total. The quantitative estimate of drug-likeness (QED) is 0.248. The Morgan fingerprint density at radius 3 is 2.24 bits per heavy atom. The second-order valence-corrected chi connectivity index (χ2v) is 5.57. The lowest BCUT2D eigenvalue weighted by Crippen LogP contribution is -1.98. The first-order chi connectivity index (χ1) is 12.2. The van der Waals surface area contributed by atoms with Crippen molar-refractivity contribution in [3.63, 3.8) is 0 Å². The molecule has 3 heteroatoms. The Hall–Kier alpha value is -2.13. The van der Waals surface area contributed by atoms with Crippen LogP contribution in [0.1, 0.15) is 51.9 Å². The zero-order chi connectivity index (χ0) is 18.6. The molecule has 2 N–H and O–H groups in total. The molecular formula is C22H32O3. The van der Waals surface area contributed by atoms with Gasteiger partial charge in [-0.05, 0) is 38.5 Å². The number of aliphatic carboxylic acids is 1. The molecule has 0 radical (unpaired) electrons. The summed E-state index contributed by atoms with van der Waals surface area (Å²) in [7, 11) is 0. The van der Waals surface area contributed by atoms with Gasteiger partial charge < -0.3 is 10.2 Å². The van der Waals surface area contributed by atoms with Crippen molar-refractivity contribution in [2.24, 2.45) is 0 Å². The van der Waals surface area contributed by atoms with E-state index in [-0.39, 0.29) is 6.42 Å². The van der Waals surface area contributed by atoms with Crippen LogP contribution in [-0.4, -0.2) is 22.3 Å². The zero-order valence-electron chi connectivity index (χ0n) is 15.3. The lowest BCUT2D eigenvalue weighted by molar-refractivity contribution is -0.136. The molecule has 0 fully saturated rings. The van der Waals surface area contributed by atoms with Crippen molar-refractivity contribution >= 4 is 5.97 Å². The van der Waals surface area contributed by atoms with Gasteiger partial charge in [0, 0.05) is 6.42 Å². The summed E-state index contributed by atoms with van der Waals surface area (Å²) in [6, 6.07) is 0. The van der Waals surface area contributed by atoms with Crippen molar-refractivity contribution < 1.29 is 15.0 Å². The summed E-state index contributed by atoms with van der Waals surface area (Å²) in [5.74, 6) is -0.753. The molecule has 0 aliphatic carbocycles. The van der Waals surface area contributed by atoms with Gasteiger partial charge in [-0.25, -0.2) is 0 Å². The van der Waals surface area contributed by atoms with Gasteiger partial charge in [-0.15, -0.1) is 0 Å². The van der Waals surface area contributed by atoms with Gasteiger partial charge in [-0.2, -0.15) is 0 Å². The standard InChI is InChI=1S/C22H32O3/c1-2-3-15-18-21(23)19-16-13-11-9-7-5-4-6-8-10-12-14-17-20-22(24)25/h3,6-9,11-16,19,21,23H,2,4-5,10,17-18,20H2,1H3,(H,24,25)/b8-6-,9-7-,13-11-,14-12-,15-3-,19-16+/t21-/m0/s1. The number of aliphatic hydroxyl groups is 1. The largest absolute Gasteiger partial charge is 0.481 e. The molecule has 25 heavy (non-hydrogen) atoms. The average Bonchev–Trinajstić information content (AvgIpc) is 2.58. The maximum Gasteiger partial charge on any atom is 0.303 e. The minimum absolute atomic E-state index is 0.197. The summed E-state index contributed by atoms with van der Waals surface area (Å²) in [6.45, 7) is 2.08. The third kappa shape index (κ3) is 19.8. The lowest BCUT2D eigenvalue weighted by Gasteiger charge is -1.98. The molecule has 0 bridgehead atoms. The Morgan fingerprint density at radius 1 is 0.840 bits per heavy atom. The highest BCUT2D eigenvalue weighted by molar-refractivity contribution is 5.66. The maximum atomic E-state index is 10.3. The molecule has 0 heterocycles. The predicted octanol–water partition coefficient (Wildman–Crippen LogP) is 5.52. The fourth-order valence-electron chi connectivity index (χ4n) is 1.88. The number of unbranched alkanes of at least 4 members (excludes halogenated alkanes) is 1. The van der Waals surface area contributed by atoms with E-state index >= 15 is 0 Å². The van der Waals surface area contributed by atoms with Gasteiger partial charge in [0.05, 0.1) is 6.10 Å². The number of hydrogen-bond donors (Lipinski definition) is 2. The first-order valence-corrected chi connectivity index (χ1v) is 9.01. The van der Waals surface area contributed by atoms with Crippen molar-refractivity contribution in [1.82, 2.24) is 0 Å². The first kappa shape index (κ1) is 22.9. The summed E-state index contributed by atoms with van der Waals surface area (Å²) >= 11 is 0. The van der Waals surface area contributed by atoms with Crippen molar-refractivity contribution in [3.8, 4) is 0 Å². The van der Waals surface area contributed by atoms with E-state index in [1.165, 1.54) is 0 Å². The van der Waals surface area contributed by atoms with Crippen LogP contribution in [0.3, 0.4) is 0 Å². The molecule has 0 amide bonds. The van der Waals surface area contributed by atoms with Gasteiger partial charge in [0.1, 0.15) is 0 Å². The summed E-state index contributed by atoms with van der Waals surface area (Å²) in [4.78, 5) is 10.3. The van der Waals surface area contributed by atoms with E-state index in [1.807, 2.05) is 42.5 Å². The van der Waals surface area contributed by atoms with Crippen LogP contribution in [0, 0.1) is 0 Å². The predicted molar refractivity (Wildman–Crippen MR) is 106 cm³/mol. The Morgan fingerprint density at radius 2 is 1.52 bits per heavy atom. The third-order valence-corrected chi connectivity index (χ3v) is 3.21. The molecule has 0 aromatic carbocycles. The van der Waals surface area contributed by atoms with Gasteiger partial charge in [0.15, 0.2) is 0 Å². The molecule has 0 unspecified atom stereocenters. The number of carbonyl (C=O) groups is 1. The molecule has 1 atom stereocenters. The molecule has 0 aromatic heterocycles. The van der Waals surface area contributed by atoms with Gasteiger partial charge in [0.2, 0.25) is 0 Å². The molecule has 0 saturated heterocycles. The number of carboxylic acids is 1. The molecule has 0 aliphatic rings. The van der Waals surface area contributed by atoms with Crippen LogP contribution in [0.15, 0.2) is 72.9 Å². The SMILES string of the molecule is CC/C=C\C[C@H](O)/C=C/C=C\C=C/CC/C=C\C/C=C\CCC(=O)O. The van der Waals surface area contributed by atoms with Gasteiger partial charge >= 0.3 is 5.97 Å². The van der Waals surface area contributed by atoms with E-state index in [1.54, 1.807) is 6.08 Å². The summed E-state index contributed by atoms with van der Waals surface area (Å²) < 4.78 is 0. The van der Waals surface area contributed by atoms with E-state index in [0.717, 1.165) is 25.7 Å². The molecule has 0 spiro atoms. The van der Waals surface area contributed by atoms with E-state index < -0.39 is 12.1 Å². The van der Waals surface area contributed by atoms with Gasteiger partial charge in [-0.3, -0.25) is 4.79 Å². The van der Waals surface area contributed by atoms with E-state index in [2.05, 4.69) is 31.2 Å². The Labute approximate surface area is 152 Å². The van der Waals surface area contributed by atoms with Crippen molar-refractivity contribution in [2.75, 3.05) is 0 Å². The number of rotatable bonds is 14. The minimum Gasteiger partial charge on any atom is -0.481 e. The van der Waals surface area contributed by atoms with Gasteiger partial charge in [-0.1, -0.05) is 79.8 Å². The van der Waals surface area contributed by atoms with Crippen LogP contribution in [0.25, 0.3) is 0 Å². The first-order valence-electron chi connectivity index (χ1n) is 9.01. The second-order valence-electron chi connectivity index (χ2n) is 5.57. The van der Waals surface area contributed by atoms with Crippen LogP contribution in [-0.2, 0) is 4.79 Å². The highest BCUT2D eigenvalue weighted by atomic mass is 16.4. The highest BCUT2D eigenvalue weighted by Crippen LogP contribution is 1.99. The fraction of sp³-hybridized carbons (Fsp3) is 0.409. The number of hydrogen-bond acceptors (Lipinski definition) is 2. The van der Waals surface area contributed by atoms with Crippen LogP contribution in [0.5, 0.6) is 0 Å². The molecular weight excluding hydrogens is 312 g/mol. The van der Waals surface area contributed by atoms with Crippen molar-refractivity contribution in [2.45, 2.75) is 58.0 Å². The van der Waals surface area contributed by atoms with Gasteiger partial charge in [0.25, 0.3) is 0 Å². The summed E-state index contributed by atoms with van der Waals surface area (Å²) in [6.07, 6.45) is 28.7. The highest BCUT2D eigenvalue weighted by Gasteiger charge is 1.92. The number of allylic oxidation sites excluding steroid dienone is 10.